The number of benzene rings is 1. The number of hydrogen-bond donors (Lipinski definition) is 4. The summed E-state index contributed by atoms with van der Waals surface area (Å²) in [6.07, 6.45) is 4.50. The Bertz CT molecular complexity index is 1520. The van der Waals surface area contributed by atoms with Crippen LogP contribution in [0.25, 0.3) is 32.5 Å². The number of carbonyl (C=O) groups excluding carboxylic acids is 1. The summed E-state index contributed by atoms with van der Waals surface area (Å²) in [5.74, 6) is 1.12. The molecule has 1 aromatic carbocycles. The second-order valence-electron chi connectivity index (χ2n) is 7.95. The second kappa shape index (κ2) is 10.2. The first-order valence-electron chi connectivity index (χ1n) is 11.0. The van der Waals surface area contributed by atoms with Gasteiger partial charge in [0.05, 0.1) is 40.6 Å². The predicted molar refractivity (Wildman–Crippen MR) is 136 cm³/mol. The maximum Gasteiger partial charge on any atom is 0.277 e. The average molecular weight is 506 g/mol. The van der Waals surface area contributed by atoms with Crippen molar-refractivity contribution in [3.8, 4) is 11.4 Å². The summed E-state index contributed by atoms with van der Waals surface area (Å²) in [6.45, 7) is 1.67. The molecule has 0 fully saturated rings. The molecular weight excluding hydrogens is 482 g/mol. The number of fused-ring (bicyclic) bond motifs is 2. The van der Waals surface area contributed by atoms with Gasteiger partial charge in [0, 0.05) is 48.9 Å². The Morgan fingerprint density at radius 2 is 2.06 bits per heavy atom. The van der Waals surface area contributed by atoms with Gasteiger partial charge in [-0.2, -0.15) is 5.10 Å². The lowest BCUT2D eigenvalue weighted by Gasteiger charge is -2.15. The number of nitrogens with zero attached hydrogens (tertiary/aromatic N) is 6. The van der Waals surface area contributed by atoms with Crippen LogP contribution in [0, 0.1) is 0 Å². The number of H-pyrrole nitrogens is 1. The largest absolute Gasteiger partial charge is 0.383 e. The lowest BCUT2D eigenvalue weighted by atomic mass is 10.1. The molecule has 13 heteroatoms. The van der Waals surface area contributed by atoms with Crippen molar-refractivity contribution in [3.05, 3.63) is 53.3 Å². The highest BCUT2D eigenvalue weighted by molar-refractivity contribution is 7.19. The monoisotopic (exact) mass is 505 g/mol. The number of rotatable bonds is 9. The maximum atomic E-state index is 11.5. The van der Waals surface area contributed by atoms with Gasteiger partial charge in [-0.25, -0.2) is 25.4 Å². The second-order valence-corrected chi connectivity index (χ2v) is 9.08. The zero-order chi connectivity index (χ0) is 25.1. The van der Waals surface area contributed by atoms with E-state index in [1.165, 1.54) is 12.4 Å². The maximum absolute atomic E-state index is 11.5. The van der Waals surface area contributed by atoms with Crippen LogP contribution in [0.2, 0.25) is 0 Å². The van der Waals surface area contributed by atoms with Crippen LogP contribution in [-0.2, 0) is 11.3 Å². The van der Waals surface area contributed by atoms with Gasteiger partial charge in [0.2, 0.25) is 5.95 Å². The van der Waals surface area contributed by atoms with Gasteiger partial charge < -0.3 is 15.0 Å². The Morgan fingerprint density at radius 3 is 2.83 bits per heavy atom. The Hall–Kier alpha value is -4.20. The van der Waals surface area contributed by atoms with E-state index in [2.05, 4.69) is 25.5 Å². The van der Waals surface area contributed by atoms with Crippen molar-refractivity contribution in [1.29, 1.82) is 0 Å². The smallest absolute Gasteiger partial charge is 0.277 e. The van der Waals surface area contributed by atoms with Crippen LogP contribution < -0.4 is 15.7 Å². The van der Waals surface area contributed by atoms with Crippen LogP contribution in [-0.4, -0.2) is 68.6 Å². The fraction of sp³-hybridized carbons (Fsp3) is 0.217. The van der Waals surface area contributed by atoms with Crippen LogP contribution in [0.5, 0.6) is 0 Å². The van der Waals surface area contributed by atoms with Crippen LogP contribution in [0.1, 0.15) is 15.2 Å². The van der Waals surface area contributed by atoms with Crippen LogP contribution >= 0.6 is 11.3 Å². The van der Waals surface area contributed by atoms with Crippen LogP contribution in [0.4, 0.5) is 11.8 Å². The van der Waals surface area contributed by atoms with E-state index in [9.17, 15) is 4.79 Å². The topological polar surface area (TPSA) is 154 Å². The van der Waals surface area contributed by atoms with E-state index in [0.717, 1.165) is 37.4 Å². The van der Waals surface area contributed by atoms with E-state index in [4.69, 9.17) is 19.9 Å². The van der Waals surface area contributed by atoms with Crippen molar-refractivity contribution in [1.82, 2.24) is 35.6 Å². The quantitative estimate of drug-likeness (QED) is 0.134. The number of aromatic amines is 1. The van der Waals surface area contributed by atoms with Crippen molar-refractivity contribution in [2.75, 3.05) is 37.5 Å². The lowest BCUT2D eigenvalue weighted by Crippen LogP contribution is -2.21. The molecule has 36 heavy (non-hydrogen) atoms. The van der Waals surface area contributed by atoms with Gasteiger partial charge in [-0.15, -0.1) is 11.3 Å². The van der Waals surface area contributed by atoms with E-state index >= 15 is 0 Å². The molecule has 184 valence electrons. The molecule has 0 spiro atoms. The fourth-order valence-electron chi connectivity index (χ4n) is 3.74. The van der Waals surface area contributed by atoms with E-state index < -0.39 is 5.91 Å². The van der Waals surface area contributed by atoms with E-state index in [1.807, 2.05) is 36.2 Å². The first kappa shape index (κ1) is 23.5. The fourth-order valence-corrected chi connectivity index (χ4v) is 4.85. The first-order chi connectivity index (χ1) is 17.6. The van der Waals surface area contributed by atoms with Gasteiger partial charge >= 0.3 is 0 Å². The van der Waals surface area contributed by atoms with Gasteiger partial charge in [-0.3, -0.25) is 15.1 Å². The minimum atomic E-state index is -0.664. The molecule has 4 heterocycles. The van der Waals surface area contributed by atoms with Crippen molar-refractivity contribution >= 4 is 50.1 Å². The molecule has 0 aliphatic heterocycles. The molecule has 0 bridgehead atoms. The zero-order valence-corrected chi connectivity index (χ0v) is 20.3. The predicted octanol–water partition coefficient (Wildman–Crippen LogP) is 2.84. The molecule has 4 N–H and O–H groups in total. The number of ether oxygens (including phenoxy) is 1. The molecule has 0 unspecified atom stereocenters. The minimum Gasteiger partial charge on any atom is -0.383 e. The third kappa shape index (κ3) is 4.66. The summed E-state index contributed by atoms with van der Waals surface area (Å²) >= 11 is 1.58. The van der Waals surface area contributed by atoms with Gasteiger partial charge in [-0.1, -0.05) is 12.1 Å². The Kier molecular flexibility index (Phi) is 6.66. The number of nitrogens with one attached hydrogen (secondary N) is 3. The normalized spacial score (nSPS) is 11.2. The SMILES string of the molecule is COCCNc1nc(-c2cccc3[nH]ncc23)nc2cc(CN(C)c3ncc(C(=O)NO)cn3)sc12. The third-order valence-corrected chi connectivity index (χ3v) is 6.60. The molecule has 1 amide bonds. The van der Waals surface area contributed by atoms with Gasteiger partial charge in [0.25, 0.3) is 5.91 Å². The summed E-state index contributed by atoms with van der Waals surface area (Å²) in [5.41, 5.74) is 4.37. The van der Waals surface area contributed by atoms with Gasteiger partial charge in [0.15, 0.2) is 5.82 Å². The van der Waals surface area contributed by atoms with Gasteiger partial charge in [-0.05, 0) is 12.1 Å². The summed E-state index contributed by atoms with van der Waals surface area (Å²) in [6, 6.07) is 7.93. The summed E-state index contributed by atoms with van der Waals surface area (Å²) in [4.78, 5) is 32.6. The Morgan fingerprint density at radius 1 is 1.22 bits per heavy atom. The summed E-state index contributed by atoms with van der Waals surface area (Å²) < 4.78 is 6.14. The Labute approximate surface area is 209 Å². The number of aromatic nitrogens is 6. The highest BCUT2D eigenvalue weighted by Gasteiger charge is 2.17. The molecule has 0 saturated carbocycles. The molecule has 12 nitrogen and oxygen atoms in total. The van der Waals surface area contributed by atoms with Crippen molar-refractivity contribution in [2.24, 2.45) is 0 Å². The van der Waals surface area contributed by atoms with Crippen LogP contribution in [0.15, 0.2) is 42.9 Å². The van der Waals surface area contributed by atoms with E-state index in [-0.39, 0.29) is 5.56 Å². The lowest BCUT2D eigenvalue weighted by molar-refractivity contribution is 0.0705. The molecule has 0 aliphatic rings. The highest BCUT2D eigenvalue weighted by Crippen LogP contribution is 2.34. The summed E-state index contributed by atoms with van der Waals surface area (Å²) in [7, 11) is 3.52. The standard InChI is InChI=1S/C23H23N9O3S/c1-32(23-25-9-13(10-26-23)22(33)31-34)12-14-8-18-19(36-14)21(24-6-7-35-2)29-20(28-18)15-4-3-5-17-16(15)11-27-30-17/h3-5,8-11,34H,6-7,12H2,1-2H3,(H,27,30)(H,31,33)(H,24,28,29). The first-order valence-corrected chi connectivity index (χ1v) is 11.8. The van der Waals surface area contributed by atoms with E-state index in [1.54, 1.807) is 30.1 Å². The molecule has 5 rings (SSSR count). The number of hydroxylamine groups is 1. The van der Waals surface area contributed by atoms with Crippen LogP contribution in [0.3, 0.4) is 0 Å². The van der Waals surface area contributed by atoms with Crippen molar-refractivity contribution < 1.29 is 14.7 Å². The number of anilines is 2. The number of thiophene rings is 1. The number of carbonyl (C=O) groups is 1. The Balaban J connectivity index is 1.48. The van der Waals surface area contributed by atoms with E-state index in [0.29, 0.717) is 31.5 Å². The molecule has 0 aliphatic carbocycles. The highest BCUT2D eigenvalue weighted by atomic mass is 32.1. The van der Waals surface area contributed by atoms with Crippen molar-refractivity contribution in [3.63, 3.8) is 0 Å². The number of amides is 1. The average Bonchev–Trinajstić information content (AvgIpc) is 3.55. The molecule has 4 aromatic heterocycles. The minimum absolute atomic E-state index is 0.165. The number of methoxy groups -OCH3 is 1. The molecule has 0 saturated heterocycles. The summed E-state index contributed by atoms with van der Waals surface area (Å²) in [5, 5.41) is 20.2. The van der Waals surface area contributed by atoms with Gasteiger partial charge in [0.1, 0.15) is 5.82 Å². The van der Waals surface area contributed by atoms with Crippen molar-refractivity contribution in [2.45, 2.75) is 6.54 Å². The molecule has 0 atom stereocenters. The number of hydrogen-bond acceptors (Lipinski definition) is 11. The third-order valence-electron chi connectivity index (χ3n) is 5.48. The molecular formula is C23H23N9O3S. The molecule has 0 radical (unpaired) electrons. The zero-order valence-electron chi connectivity index (χ0n) is 19.5. The molecule has 5 aromatic rings.